The van der Waals surface area contributed by atoms with Gasteiger partial charge in [0.25, 0.3) is 0 Å². The number of aliphatic hydroxyl groups excluding tert-OH is 2. The maximum atomic E-state index is 10.5. The summed E-state index contributed by atoms with van der Waals surface area (Å²) in [7, 11) is 0. The summed E-state index contributed by atoms with van der Waals surface area (Å²) in [6.07, 6.45) is 7.26. The van der Waals surface area contributed by atoms with Crippen molar-refractivity contribution in [3.63, 3.8) is 0 Å². The lowest BCUT2D eigenvalue weighted by Crippen LogP contribution is -2.57. The van der Waals surface area contributed by atoms with Crippen molar-refractivity contribution >= 4 is 0 Å². The first-order chi connectivity index (χ1) is 10.7. The molecule has 1 heterocycles. The number of aliphatic hydroxyl groups is 2. The van der Waals surface area contributed by atoms with Gasteiger partial charge in [-0.1, -0.05) is 33.8 Å². The van der Waals surface area contributed by atoms with Gasteiger partial charge in [0.15, 0.2) is 0 Å². The van der Waals surface area contributed by atoms with Crippen LogP contribution < -0.4 is 0 Å². The molecule has 0 aromatic heterocycles. The minimum Gasteiger partial charge on any atom is -0.393 e. The largest absolute Gasteiger partial charge is 0.393 e. The van der Waals surface area contributed by atoms with Gasteiger partial charge in [0.05, 0.1) is 24.9 Å². The third kappa shape index (κ3) is 1.93. The fourth-order valence-electron chi connectivity index (χ4n) is 6.60. The zero-order valence-corrected chi connectivity index (χ0v) is 15.0. The third-order valence-electron chi connectivity index (χ3n) is 8.35. The summed E-state index contributed by atoms with van der Waals surface area (Å²) in [5.74, 6) is 1.08. The number of ether oxygens (including phenoxy) is 1. The van der Waals surface area contributed by atoms with Crippen molar-refractivity contribution in [2.24, 2.45) is 28.1 Å². The van der Waals surface area contributed by atoms with Gasteiger partial charge >= 0.3 is 0 Å². The van der Waals surface area contributed by atoms with Gasteiger partial charge in [0.2, 0.25) is 0 Å². The van der Waals surface area contributed by atoms with Crippen LogP contribution in [0.5, 0.6) is 0 Å². The summed E-state index contributed by atoms with van der Waals surface area (Å²) in [6, 6.07) is 0. The molecular formula is C20H32O3. The van der Waals surface area contributed by atoms with E-state index >= 15 is 0 Å². The highest BCUT2D eigenvalue weighted by Gasteiger charge is 2.61. The lowest BCUT2D eigenvalue weighted by atomic mass is 9.45. The van der Waals surface area contributed by atoms with Crippen LogP contribution in [-0.2, 0) is 4.74 Å². The molecule has 4 rings (SSSR count). The average Bonchev–Trinajstić information content (AvgIpc) is 2.79. The van der Waals surface area contributed by atoms with Crippen molar-refractivity contribution in [2.75, 3.05) is 6.61 Å². The first-order valence-corrected chi connectivity index (χ1v) is 9.39. The van der Waals surface area contributed by atoms with Crippen LogP contribution in [0, 0.1) is 28.1 Å². The molecule has 1 saturated heterocycles. The first kappa shape index (κ1) is 16.1. The van der Waals surface area contributed by atoms with E-state index in [2.05, 4.69) is 33.8 Å². The molecular weight excluding hydrogens is 288 g/mol. The predicted octanol–water partition coefficient (Wildman–Crippen LogP) is 3.30. The van der Waals surface area contributed by atoms with E-state index in [-0.39, 0.29) is 34.6 Å². The van der Waals surface area contributed by atoms with Crippen molar-refractivity contribution in [3.05, 3.63) is 11.6 Å². The van der Waals surface area contributed by atoms with Gasteiger partial charge in [-0.2, -0.15) is 0 Å². The molecule has 4 aliphatic rings. The van der Waals surface area contributed by atoms with Crippen molar-refractivity contribution in [1.29, 1.82) is 0 Å². The van der Waals surface area contributed by atoms with Crippen LogP contribution in [-0.4, -0.2) is 35.1 Å². The Morgan fingerprint density at radius 2 is 1.70 bits per heavy atom. The van der Waals surface area contributed by atoms with Crippen LogP contribution in [0.25, 0.3) is 0 Å². The van der Waals surface area contributed by atoms with E-state index in [0.717, 1.165) is 32.1 Å². The highest BCUT2D eigenvalue weighted by molar-refractivity contribution is 5.30. The van der Waals surface area contributed by atoms with E-state index in [1.807, 2.05) is 0 Å². The second-order valence-electron chi connectivity index (χ2n) is 9.70. The van der Waals surface area contributed by atoms with Gasteiger partial charge in [-0.25, -0.2) is 0 Å². The molecule has 3 nitrogen and oxygen atoms in total. The minimum atomic E-state index is -0.329. The first-order valence-electron chi connectivity index (χ1n) is 9.39. The Labute approximate surface area is 140 Å². The number of hydrogen-bond donors (Lipinski definition) is 2. The molecule has 3 heteroatoms. The fourth-order valence-corrected chi connectivity index (χ4v) is 6.60. The molecule has 3 aliphatic carbocycles. The molecule has 2 N–H and O–H groups in total. The van der Waals surface area contributed by atoms with Crippen LogP contribution in [0.1, 0.15) is 59.8 Å². The minimum absolute atomic E-state index is 0.0220. The number of rotatable bonds is 0. The number of hydrogen-bond acceptors (Lipinski definition) is 3. The Kier molecular flexibility index (Phi) is 3.38. The van der Waals surface area contributed by atoms with Crippen LogP contribution in [0.15, 0.2) is 11.6 Å². The van der Waals surface area contributed by atoms with Gasteiger partial charge in [-0.3, -0.25) is 0 Å². The van der Waals surface area contributed by atoms with Gasteiger partial charge in [-0.15, -0.1) is 0 Å². The molecule has 0 spiro atoms. The van der Waals surface area contributed by atoms with Crippen molar-refractivity contribution in [3.8, 4) is 0 Å². The lowest BCUT2D eigenvalue weighted by molar-refractivity contribution is -0.128. The Bertz CT molecular complexity index is 539. The van der Waals surface area contributed by atoms with Crippen LogP contribution in [0.3, 0.4) is 0 Å². The average molecular weight is 320 g/mol. The second-order valence-corrected chi connectivity index (χ2v) is 9.70. The summed E-state index contributed by atoms with van der Waals surface area (Å²) in [6.45, 7) is 9.64. The normalized spacial score (nSPS) is 54.7. The van der Waals surface area contributed by atoms with Crippen LogP contribution in [0.4, 0.5) is 0 Å². The maximum Gasteiger partial charge on any atom is 0.0868 e. The van der Waals surface area contributed by atoms with E-state index < -0.39 is 0 Å². The highest BCUT2D eigenvalue weighted by Crippen LogP contribution is 2.64. The summed E-state index contributed by atoms with van der Waals surface area (Å²) < 4.78 is 6.07. The molecule has 23 heavy (non-hydrogen) atoms. The summed E-state index contributed by atoms with van der Waals surface area (Å²) >= 11 is 0. The van der Waals surface area contributed by atoms with Gasteiger partial charge in [0.1, 0.15) is 0 Å². The highest BCUT2D eigenvalue weighted by atomic mass is 16.5. The molecule has 0 aromatic carbocycles. The predicted molar refractivity (Wildman–Crippen MR) is 89.9 cm³/mol. The van der Waals surface area contributed by atoms with E-state index in [9.17, 15) is 10.2 Å². The zero-order valence-electron chi connectivity index (χ0n) is 15.0. The summed E-state index contributed by atoms with van der Waals surface area (Å²) in [5, 5.41) is 20.9. The molecule has 0 unspecified atom stereocenters. The SMILES string of the molecule is CC1(C)[C@H]2CC=C3[C@@H](CC[C@@]4(C)[C@@H]3OC[C@@H]4O)[C@]2(C)CC[C@@H]1O. The van der Waals surface area contributed by atoms with Crippen molar-refractivity contribution in [2.45, 2.75) is 78.1 Å². The molecule has 0 amide bonds. The molecule has 0 radical (unpaired) electrons. The monoisotopic (exact) mass is 320 g/mol. The lowest BCUT2D eigenvalue weighted by Gasteiger charge is -2.61. The standard InChI is InChI=1S/C20H32O3/c1-18(2)14-6-5-12-13(19(14,3)10-8-15(18)21)7-9-20(4)16(22)11-23-17(12)20/h5,13-17,21-22H,6-11H2,1-4H3/t13-,14-,15+,16+,17-,19+,20-/m1/s1. The Hall–Kier alpha value is -0.380. The Morgan fingerprint density at radius 1 is 1.00 bits per heavy atom. The maximum absolute atomic E-state index is 10.5. The van der Waals surface area contributed by atoms with Crippen LogP contribution >= 0.6 is 0 Å². The van der Waals surface area contributed by atoms with E-state index in [0.29, 0.717) is 18.4 Å². The fraction of sp³-hybridized carbons (Fsp3) is 0.900. The molecule has 130 valence electrons. The van der Waals surface area contributed by atoms with E-state index in [1.54, 1.807) is 0 Å². The van der Waals surface area contributed by atoms with Crippen molar-refractivity contribution in [1.82, 2.24) is 0 Å². The van der Waals surface area contributed by atoms with E-state index in [4.69, 9.17) is 4.74 Å². The summed E-state index contributed by atoms with van der Waals surface area (Å²) in [5.41, 5.74) is 1.59. The topological polar surface area (TPSA) is 49.7 Å². The summed E-state index contributed by atoms with van der Waals surface area (Å²) in [4.78, 5) is 0. The molecule has 0 bridgehead atoms. The van der Waals surface area contributed by atoms with E-state index in [1.165, 1.54) is 5.57 Å². The smallest absolute Gasteiger partial charge is 0.0868 e. The molecule has 3 fully saturated rings. The third-order valence-corrected chi connectivity index (χ3v) is 8.35. The number of fused-ring (bicyclic) bond motifs is 5. The quantitative estimate of drug-likeness (QED) is 0.673. The molecule has 7 atom stereocenters. The van der Waals surface area contributed by atoms with Crippen LogP contribution in [0.2, 0.25) is 0 Å². The van der Waals surface area contributed by atoms with Crippen molar-refractivity contribution < 1.29 is 14.9 Å². The van der Waals surface area contributed by atoms with Gasteiger partial charge in [-0.05, 0) is 60.3 Å². The Morgan fingerprint density at radius 3 is 2.43 bits per heavy atom. The molecule has 2 saturated carbocycles. The zero-order chi connectivity index (χ0) is 16.6. The Balaban J connectivity index is 1.73. The van der Waals surface area contributed by atoms with Gasteiger partial charge < -0.3 is 14.9 Å². The molecule has 1 aliphatic heterocycles. The molecule has 0 aromatic rings. The van der Waals surface area contributed by atoms with Gasteiger partial charge in [0, 0.05) is 5.41 Å². The second kappa shape index (κ2) is 4.83. The number of allylic oxidation sites excluding steroid dienone is 1.